The zero-order valence-electron chi connectivity index (χ0n) is 12.2. The van der Waals surface area contributed by atoms with E-state index in [1.807, 2.05) is 45.9 Å². The molecular formula is C15H24N2O2. The molecule has 1 amide bonds. The molecule has 1 aromatic rings. The number of aryl methyl sites for hydroxylation is 1. The van der Waals surface area contributed by atoms with Gasteiger partial charge < -0.3 is 15.8 Å². The average molecular weight is 264 g/mol. The van der Waals surface area contributed by atoms with Crippen LogP contribution in [0.1, 0.15) is 44.4 Å². The molecule has 0 saturated heterocycles. The molecular weight excluding hydrogens is 240 g/mol. The summed E-state index contributed by atoms with van der Waals surface area (Å²) in [5.41, 5.74) is 7.89. The summed E-state index contributed by atoms with van der Waals surface area (Å²) in [6.07, 6.45) is 0.284. The lowest BCUT2D eigenvalue weighted by atomic mass is 10.0. The predicted octanol–water partition coefficient (Wildman–Crippen LogP) is 2.91. The Labute approximate surface area is 115 Å². The number of benzene rings is 1. The fourth-order valence-corrected chi connectivity index (χ4v) is 1.71. The summed E-state index contributed by atoms with van der Waals surface area (Å²) in [5.74, 6) is 0. The molecule has 3 N–H and O–H groups in total. The fourth-order valence-electron chi connectivity index (χ4n) is 1.71. The number of ether oxygens (including phenoxy) is 1. The van der Waals surface area contributed by atoms with Gasteiger partial charge in [-0.2, -0.15) is 0 Å². The van der Waals surface area contributed by atoms with Gasteiger partial charge in [-0.05, 0) is 39.7 Å². The summed E-state index contributed by atoms with van der Waals surface area (Å²) >= 11 is 0. The van der Waals surface area contributed by atoms with Gasteiger partial charge in [0.25, 0.3) is 0 Å². The molecule has 4 nitrogen and oxygen atoms in total. The van der Waals surface area contributed by atoms with Gasteiger partial charge in [-0.1, -0.05) is 29.8 Å². The van der Waals surface area contributed by atoms with Crippen LogP contribution in [0.15, 0.2) is 24.3 Å². The highest BCUT2D eigenvalue weighted by molar-refractivity contribution is 5.67. The fraction of sp³-hybridized carbons (Fsp3) is 0.533. The topological polar surface area (TPSA) is 64.3 Å². The summed E-state index contributed by atoms with van der Waals surface area (Å²) in [7, 11) is 0. The Morgan fingerprint density at radius 3 is 2.68 bits per heavy atom. The van der Waals surface area contributed by atoms with Gasteiger partial charge in [-0.25, -0.2) is 4.79 Å². The van der Waals surface area contributed by atoms with Crippen molar-refractivity contribution in [3.05, 3.63) is 35.4 Å². The number of nitrogens with two attached hydrogens (primary N) is 1. The molecule has 0 heterocycles. The minimum atomic E-state index is -0.470. The van der Waals surface area contributed by atoms with Crippen LogP contribution < -0.4 is 11.1 Å². The second-order valence-corrected chi connectivity index (χ2v) is 5.74. The zero-order valence-corrected chi connectivity index (χ0v) is 12.2. The number of hydrogen-bond donors (Lipinski definition) is 2. The summed E-state index contributed by atoms with van der Waals surface area (Å²) in [5, 5.41) is 2.71. The summed E-state index contributed by atoms with van der Waals surface area (Å²) in [6, 6.07) is 8.03. The Bertz CT molecular complexity index is 424. The van der Waals surface area contributed by atoms with E-state index in [0.717, 1.165) is 5.56 Å². The van der Waals surface area contributed by atoms with Crippen molar-refractivity contribution in [1.29, 1.82) is 0 Å². The molecule has 1 unspecified atom stereocenters. The average Bonchev–Trinajstić information content (AvgIpc) is 2.26. The van der Waals surface area contributed by atoms with Crippen LogP contribution in [0.3, 0.4) is 0 Å². The van der Waals surface area contributed by atoms with Crippen molar-refractivity contribution < 1.29 is 9.53 Å². The van der Waals surface area contributed by atoms with Crippen molar-refractivity contribution >= 4 is 6.09 Å². The van der Waals surface area contributed by atoms with Crippen LogP contribution in [0.2, 0.25) is 0 Å². The minimum absolute atomic E-state index is 0.0742. The number of alkyl carbamates (subject to hydrolysis) is 1. The van der Waals surface area contributed by atoms with Crippen LogP contribution in [-0.2, 0) is 4.74 Å². The van der Waals surface area contributed by atoms with Gasteiger partial charge in [-0.3, -0.25) is 0 Å². The highest BCUT2D eigenvalue weighted by Gasteiger charge is 2.16. The summed E-state index contributed by atoms with van der Waals surface area (Å²) < 4.78 is 5.15. The maximum absolute atomic E-state index is 11.5. The summed E-state index contributed by atoms with van der Waals surface area (Å²) in [4.78, 5) is 11.5. The molecule has 0 aromatic heterocycles. The molecule has 1 atom stereocenters. The van der Waals surface area contributed by atoms with Crippen molar-refractivity contribution in [3.8, 4) is 0 Å². The lowest BCUT2D eigenvalue weighted by Crippen LogP contribution is -2.34. The SMILES string of the molecule is Cc1cccc(C(N)CCNC(=O)OC(C)(C)C)c1. The quantitative estimate of drug-likeness (QED) is 0.878. The third-order valence-corrected chi connectivity index (χ3v) is 2.59. The van der Waals surface area contributed by atoms with E-state index in [4.69, 9.17) is 10.5 Å². The smallest absolute Gasteiger partial charge is 0.407 e. The van der Waals surface area contributed by atoms with E-state index in [-0.39, 0.29) is 6.04 Å². The Balaban J connectivity index is 2.35. The molecule has 0 radical (unpaired) electrons. The van der Waals surface area contributed by atoms with Crippen LogP contribution >= 0.6 is 0 Å². The Kier molecular flexibility index (Phi) is 5.36. The molecule has 4 heteroatoms. The van der Waals surface area contributed by atoms with E-state index in [0.29, 0.717) is 13.0 Å². The molecule has 0 saturated carbocycles. The van der Waals surface area contributed by atoms with E-state index in [2.05, 4.69) is 11.4 Å². The van der Waals surface area contributed by atoms with Crippen LogP contribution in [0.5, 0.6) is 0 Å². The molecule has 1 rings (SSSR count). The molecule has 106 valence electrons. The molecule has 0 fully saturated rings. The number of amides is 1. The van der Waals surface area contributed by atoms with Crippen LogP contribution in [-0.4, -0.2) is 18.2 Å². The van der Waals surface area contributed by atoms with Crippen molar-refractivity contribution in [2.24, 2.45) is 5.73 Å². The molecule has 0 bridgehead atoms. The van der Waals surface area contributed by atoms with E-state index in [9.17, 15) is 4.79 Å². The number of carbonyl (C=O) groups is 1. The maximum Gasteiger partial charge on any atom is 0.407 e. The van der Waals surface area contributed by atoms with Crippen molar-refractivity contribution in [2.75, 3.05) is 6.54 Å². The van der Waals surface area contributed by atoms with Crippen LogP contribution in [0.25, 0.3) is 0 Å². The molecule has 0 aliphatic rings. The lowest BCUT2D eigenvalue weighted by Gasteiger charge is -2.20. The first-order chi connectivity index (χ1) is 8.78. The Morgan fingerprint density at radius 1 is 1.42 bits per heavy atom. The van der Waals surface area contributed by atoms with Gasteiger partial charge in [-0.15, -0.1) is 0 Å². The third-order valence-electron chi connectivity index (χ3n) is 2.59. The number of carbonyl (C=O) groups excluding carboxylic acids is 1. The van der Waals surface area contributed by atoms with Crippen molar-refractivity contribution in [2.45, 2.75) is 45.8 Å². The van der Waals surface area contributed by atoms with Gasteiger partial charge in [0.2, 0.25) is 0 Å². The van der Waals surface area contributed by atoms with E-state index in [1.165, 1.54) is 5.56 Å². The number of nitrogens with one attached hydrogen (secondary N) is 1. The lowest BCUT2D eigenvalue weighted by molar-refractivity contribution is 0.0526. The number of rotatable bonds is 4. The monoisotopic (exact) mass is 264 g/mol. The van der Waals surface area contributed by atoms with Crippen molar-refractivity contribution in [3.63, 3.8) is 0 Å². The first-order valence-corrected chi connectivity index (χ1v) is 6.57. The van der Waals surface area contributed by atoms with Gasteiger partial charge >= 0.3 is 6.09 Å². The highest BCUT2D eigenvalue weighted by Crippen LogP contribution is 2.14. The minimum Gasteiger partial charge on any atom is -0.444 e. The molecule has 0 aliphatic carbocycles. The van der Waals surface area contributed by atoms with Gasteiger partial charge in [0.1, 0.15) is 5.60 Å². The van der Waals surface area contributed by atoms with E-state index in [1.54, 1.807) is 0 Å². The van der Waals surface area contributed by atoms with Crippen molar-refractivity contribution in [1.82, 2.24) is 5.32 Å². The van der Waals surface area contributed by atoms with Crippen LogP contribution in [0.4, 0.5) is 4.79 Å². The van der Waals surface area contributed by atoms with E-state index >= 15 is 0 Å². The first-order valence-electron chi connectivity index (χ1n) is 6.57. The predicted molar refractivity (Wildman–Crippen MR) is 77.0 cm³/mol. The second-order valence-electron chi connectivity index (χ2n) is 5.74. The van der Waals surface area contributed by atoms with Gasteiger partial charge in [0.05, 0.1) is 0 Å². The van der Waals surface area contributed by atoms with E-state index < -0.39 is 11.7 Å². The second kappa shape index (κ2) is 6.57. The molecule has 19 heavy (non-hydrogen) atoms. The molecule has 0 spiro atoms. The zero-order chi connectivity index (χ0) is 14.5. The molecule has 1 aromatic carbocycles. The Hall–Kier alpha value is -1.55. The standard InChI is InChI=1S/C15H24N2O2/c1-11-6-5-7-12(10-11)13(16)8-9-17-14(18)19-15(2,3)4/h5-7,10,13H,8-9,16H2,1-4H3,(H,17,18). The summed E-state index contributed by atoms with van der Waals surface area (Å²) in [6.45, 7) is 8.06. The third kappa shape index (κ3) is 6.25. The van der Waals surface area contributed by atoms with Gasteiger partial charge in [0, 0.05) is 12.6 Å². The molecule has 0 aliphatic heterocycles. The largest absolute Gasteiger partial charge is 0.444 e. The normalized spacial score (nSPS) is 12.9. The maximum atomic E-state index is 11.5. The highest BCUT2D eigenvalue weighted by atomic mass is 16.6. The van der Waals surface area contributed by atoms with Gasteiger partial charge in [0.15, 0.2) is 0 Å². The van der Waals surface area contributed by atoms with Crippen LogP contribution in [0, 0.1) is 6.92 Å². The number of hydrogen-bond acceptors (Lipinski definition) is 3. The first kappa shape index (κ1) is 15.5. The Morgan fingerprint density at radius 2 is 2.11 bits per heavy atom.